The lowest BCUT2D eigenvalue weighted by Crippen LogP contribution is -2.38. The van der Waals surface area contributed by atoms with Crippen LogP contribution in [0.3, 0.4) is 0 Å². The first kappa shape index (κ1) is 20.2. The van der Waals surface area contributed by atoms with Crippen LogP contribution in [0.1, 0.15) is 38.8 Å². The van der Waals surface area contributed by atoms with Crippen LogP contribution in [0, 0.1) is 0 Å². The molecule has 0 saturated carbocycles. The first-order valence-corrected chi connectivity index (χ1v) is 10.3. The van der Waals surface area contributed by atoms with Crippen molar-refractivity contribution in [2.24, 2.45) is 0 Å². The van der Waals surface area contributed by atoms with Crippen LogP contribution in [-0.4, -0.2) is 55.6 Å². The van der Waals surface area contributed by atoms with Crippen LogP contribution in [-0.2, 0) is 17.6 Å². The van der Waals surface area contributed by atoms with E-state index in [0.29, 0.717) is 32.8 Å². The molecule has 27 heavy (non-hydrogen) atoms. The lowest BCUT2D eigenvalue weighted by atomic mass is 10.0. The molecule has 3 rings (SSSR count). The highest BCUT2D eigenvalue weighted by molar-refractivity contribution is 9.10. The van der Waals surface area contributed by atoms with Crippen LogP contribution in [0.15, 0.2) is 10.5 Å². The lowest BCUT2D eigenvalue weighted by molar-refractivity contribution is 0.0258. The second-order valence-electron chi connectivity index (χ2n) is 8.22. The van der Waals surface area contributed by atoms with Crippen molar-refractivity contribution in [3.63, 3.8) is 0 Å². The number of alkyl halides is 1. The van der Waals surface area contributed by atoms with Gasteiger partial charge in [-0.2, -0.15) is 0 Å². The van der Waals surface area contributed by atoms with Gasteiger partial charge in [0.2, 0.25) is 0 Å². The lowest BCUT2D eigenvalue weighted by Gasteiger charge is -2.34. The Morgan fingerprint density at radius 3 is 2.70 bits per heavy atom. The van der Waals surface area contributed by atoms with Gasteiger partial charge in [0.15, 0.2) is 0 Å². The maximum absolute atomic E-state index is 13.6. The topological polar surface area (TPSA) is 42.0 Å². The van der Waals surface area contributed by atoms with Crippen LogP contribution in [0.25, 0.3) is 0 Å². The minimum absolute atomic E-state index is 0.277. The van der Waals surface area contributed by atoms with E-state index in [-0.39, 0.29) is 6.09 Å². The molecule has 1 aromatic carbocycles. The van der Waals surface area contributed by atoms with Crippen LogP contribution < -0.4 is 9.64 Å². The van der Waals surface area contributed by atoms with E-state index in [1.165, 1.54) is 11.1 Å². The van der Waals surface area contributed by atoms with Gasteiger partial charge in [-0.1, -0.05) is 0 Å². The van der Waals surface area contributed by atoms with Gasteiger partial charge in [-0.05, 0) is 73.7 Å². The molecule has 7 heteroatoms. The smallest absolute Gasteiger partial charge is 0.410 e. The zero-order valence-corrected chi connectivity index (χ0v) is 18.1. The average Bonchev–Trinajstić information content (AvgIpc) is 2.76. The van der Waals surface area contributed by atoms with E-state index in [9.17, 15) is 9.18 Å². The number of benzene rings is 1. The number of halogens is 2. The van der Waals surface area contributed by atoms with Crippen molar-refractivity contribution in [2.75, 3.05) is 37.7 Å². The molecular formula is C20H28BrFN2O3. The molecule has 2 aliphatic rings. The molecular weight excluding hydrogens is 415 g/mol. The summed E-state index contributed by atoms with van der Waals surface area (Å²) in [5, 5.41) is 0. The number of carbonyl (C=O) groups is 1. The van der Waals surface area contributed by atoms with E-state index in [1.807, 2.05) is 25.7 Å². The third-order valence-electron chi connectivity index (χ3n) is 4.74. The first-order valence-electron chi connectivity index (χ1n) is 9.49. The van der Waals surface area contributed by atoms with Crippen molar-refractivity contribution in [2.45, 2.75) is 52.3 Å². The molecule has 0 aliphatic carbocycles. The summed E-state index contributed by atoms with van der Waals surface area (Å²) in [7, 11) is 0. The third kappa shape index (κ3) is 4.68. The standard InChI is InChI=1S/C20H28BrFN2O3/c1-13(22)12-24-9-10-26-16-11-14-5-7-23(19(25)27-20(2,3)4)8-6-15(14)17(21)18(16)24/h11,13H,5-10,12H2,1-4H3/t13-/m1/s1. The molecule has 2 aliphatic heterocycles. The van der Waals surface area contributed by atoms with E-state index >= 15 is 0 Å². The fraction of sp³-hybridized carbons (Fsp3) is 0.650. The Kier molecular flexibility index (Phi) is 5.89. The monoisotopic (exact) mass is 442 g/mol. The number of hydrogen-bond donors (Lipinski definition) is 0. The molecule has 0 N–H and O–H groups in total. The number of hydrogen-bond acceptors (Lipinski definition) is 4. The van der Waals surface area contributed by atoms with Crippen LogP contribution >= 0.6 is 15.9 Å². The summed E-state index contributed by atoms with van der Waals surface area (Å²) >= 11 is 3.74. The van der Waals surface area contributed by atoms with Gasteiger partial charge in [0.05, 0.1) is 12.2 Å². The Balaban J connectivity index is 1.85. The number of carbonyl (C=O) groups excluding carboxylic acids is 1. The highest BCUT2D eigenvalue weighted by Gasteiger charge is 2.29. The second-order valence-corrected chi connectivity index (χ2v) is 9.01. The Morgan fingerprint density at radius 2 is 2.04 bits per heavy atom. The predicted octanol–water partition coefficient (Wildman–Crippen LogP) is 4.34. The minimum atomic E-state index is -0.913. The van der Waals surface area contributed by atoms with Crippen molar-refractivity contribution in [3.8, 4) is 5.75 Å². The zero-order valence-electron chi connectivity index (χ0n) is 16.5. The van der Waals surface area contributed by atoms with Crippen LogP contribution in [0.4, 0.5) is 14.9 Å². The Hall–Kier alpha value is -1.50. The van der Waals surface area contributed by atoms with Crippen molar-refractivity contribution < 1.29 is 18.7 Å². The number of fused-ring (bicyclic) bond motifs is 2. The quantitative estimate of drug-likeness (QED) is 0.682. The van der Waals surface area contributed by atoms with Gasteiger partial charge in [-0.3, -0.25) is 0 Å². The van der Waals surface area contributed by atoms with Gasteiger partial charge >= 0.3 is 6.09 Å². The summed E-state index contributed by atoms with van der Waals surface area (Å²) in [5.74, 6) is 0.790. The summed E-state index contributed by atoms with van der Waals surface area (Å²) < 4.78 is 26.0. The molecule has 150 valence electrons. The summed E-state index contributed by atoms with van der Waals surface area (Å²) in [6, 6.07) is 2.06. The number of anilines is 1. The Bertz CT molecular complexity index is 718. The van der Waals surface area contributed by atoms with E-state index in [0.717, 1.165) is 28.8 Å². The SMILES string of the molecule is C[C@@H](F)CN1CCOc2cc3c(c(Br)c21)CCN(C(=O)OC(C)(C)C)CC3. The number of ether oxygens (including phenoxy) is 2. The molecule has 0 aromatic heterocycles. The average molecular weight is 443 g/mol. The van der Waals surface area contributed by atoms with E-state index < -0.39 is 11.8 Å². The molecule has 0 spiro atoms. The van der Waals surface area contributed by atoms with Gasteiger partial charge in [0.1, 0.15) is 24.1 Å². The van der Waals surface area contributed by atoms with Gasteiger partial charge in [0.25, 0.3) is 0 Å². The molecule has 0 unspecified atom stereocenters. The molecule has 0 saturated heterocycles. The predicted molar refractivity (Wildman–Crippen MR) is 108 cm³/mol. The van der Waals surface area contributed by atoms with E-state index in [4.69, 9.17) is 9.47 Å². The van der Waals surface area contributed by atoms with Gasteiger partial charge in [-0.25, -0.2) is 9.18 Å². The maximum Gasteiger partial charge on any atom is 0.410 e. The molecule has 2 heterocycles. The molecule has 0 radical (unpaired) electrons. The molecule has 1 aromatic rings. The highest BCUT2D eigenvalue weighted by Crippen LogP contribution is 2.43. The molecule has 0 bridgehead atoms. The molecule has 5 nitrogen and oxygen atoms in total. The number of nitrogens with zero attached hydrogens (tertiary/aromatic N) is 2. The molecule has 0 fully saturated rings. The largest absolute Gasteiger partial charge is 0.490 e. The normalized spacial score (nSPS) is 18.1. The van der Waals surface area contributed by atoms with E-state index in [1.54, 1.807) is 11.8 Å². The number of amides is 1. The van der Waals surface area contributed by atoms with Crippen molar-refractivity contribution in [1.29, 1.82) is 0 Å². The zero-order chi connectivity index (χ0) is 19.8. The van der Waals surface area contributed by atoms with E-state index in [2.05, 4.69) is 22.0 Å². The summed E-state index contributed by atoms with van der Waals surface area (Å²) in [6.45, 7) is 9.97. The fourth-order valence-corrected chi connectivity index (χ4v) is 4.49. The van der Waals surface area contributed by atoms with Crippen LogP contribution in [0.5, 0.6) is 5.75 Å². The fourth-order valence-electron chi connectivity index (χ4n) is 3.59. The minimum Gasteiger partial charge on any atom is -0.490 e. The van der Waals surface area contributed by atoms with Crippen molar-refractivity contribution >= 4 is 27.7 Å². The maximum atomic E-state index is 13.6. The third-order valence-corrected chi connectivity index (χ3v) is 5.59. The first-order chi connectivity index (χ1) is 12.7. The highest BCUT2D eigenvalue weighted by atomic mass is 79.9. The molecule has 1 atom stereocenters. The van der Waals surface area contributed by atoms with Crippen molar-refractivity contribution in [3.05, 3.63) is 21.7 Å². The van der Waals surface area contributed by atoms with Gasteiger partial charge < -0.3 is 19.3 Å². The molecule has 1 amide bonds. The summed E-state index contributed by atoms with van der Waals surface area (Å²) in [5.41, 5.74) is 2.76. The summed E-state index contributed by atoms with van der Waals surface area (Å²) in [6.07, 6.45) is 0.273. The number of rotatable bonds is 2. The van der Waals surface area contributed by atoms with Crippen LogP contribution in [0.2, 0.25) is 0 Å². The van der Waals surface area contributed by atoms with Crippen molar-refractivity contribution in [1.82, 2.24) is 4.90 Å². The van der Waals surface area contributed by atoms with Gasteiger partial charge in [-0.15, -0.1) is 0 Å². The summed E-state index contributed by atoms with van der Waals surface area (Å²) in [4.78, 5) is 16.3. The Labute approximate surface area is 168 Å². The second kappa shape index (κ2) is 7.86. The van der Waals surface area contributed by atoms with Gasteiger partial charge in [0, 0.05) is 24.1 Å². The Morgan fingerprint density at radius 1 is 1.33 bits per heavy atom.